The number of para-hydroxylation sites is 1. The minimum absolute atomic E-state index is 0.0816. The van der Waals surface area contributed by atoms with Crippen LogP contribution in [0.4, 0.5) is 0 Å². The van der Waals surface area contributed by atoms with Gasteiger partial charge in [-0.1, -0.05) is 18.2 Å². The third kappa shape index (κ3) is 2.34. The van der Waals surface area contributed by atoms with E-state index in [-0.39, 0.29) is 11.6 Å². The van der Waals surface area contributed by atoms with Crippen molar-refractivity contribution in [1.29, 1.82) is 0 Å². The molecule has 0 bridgehead atoms. The van der Waals surface area contributed by atoms with Gasteiger partial charge in [-0.05, 0) is 31.5 Å². The fourth-order valence-corrected chi connectivity index (χ4v) is 3.13. The average Bonchev–Trinajstić information content (AvgIpc) is 2.81. The second kappa shape index (κ2) is 5.43. The molecule has 1 N–H and O–H groups in total. The number of pyridine rings is 1. The highest BCUT2D eigenvalue weighted by Gasteiger charge is 2.22. The molecular weight excluding hydrogens is 292 g/mol. The summed E-state index contributed by atoms with van der Waals surface area (Å²) in [6.07, 6.45) is 1.73. The normalized spacial score (nSPS) is 12.5. The maximum Gasteiger partial charge on any atom is 0.338 e. The second-order valence-electron chi connectivity index (χ2n) is 5.74. The first-order chi connectivity index (χ1) is 10.9. The summed E-state index contributed by atoms with van der Waals surface area (Å²) in [5, 5.41) is 10.3. The summed E-state index contributed by atoms with van der Waals surface area (Å²) in [5.41, 5.74) is 2.63. The van der Waals surface area contributed by atoms with Crippen molar-refractivity contribution in [2.24, 2.45) is 7.05 Å². The fraction of sp³-hybridized carbons (Fsp3) is 0.222. The molecule has 0 aliphatic heterocycles. The van der Waals surface area contributed by atoms with E-state index in [0.29, 0.717) is 16.6 Å². The Kier molecular flexibility index (Phi) is 3.56. The molecule has 118 valence electrons. The summed E-state index contributed by atoms with van der Waals surface area (Å²) in [5.74, 6) is -0.936. The van der Waals surface area contributed by atoms with E-state index < -0.39 is 5.97 Å². The van der Waals surface area contributed by atoms with Gasteiger partial charge in [0.2, 0.25) is 0 Å². The lowest BCUT2D eigenvalue weighted by molar-refractivity contribution is 0.0698. The van der Waals surface area contributed by atoms with Crippen LogP contribution in [0.2, 0.25) is 0 Å². The van der Waals surface area contributed by atoms with Crippen molar-refractivity contribution >= 4 is 16.9 Å². The van der Waals surface area contributed by atoms with Crippen molar-refractivity contribution in [3.8, 4) is 0 Å². The highest BCUT2D eigenvalue weighted by molar-refractivity contribution is 6.05. The average molecular weight is 310 g/mol. The molecule has 2 aromatic heterocycles. The summed E-state index contributed by atoms with van der Waals surface area (Å²) in [7, 11) is 1.70. The fourth-order valence-electron chi connectivity index (χ4n) is 3.13. The Labute approximate surface area is 133 Å². The van der Waals surface area contributed by atoms with E-state index in [1.807, 2.05) is 41.8 Å². The van der Waals surface area contributed by atoms with Crippen LogP contribution in [-0.2, 0) is 7.05 Å². The van der Waals surface area contributed by atoms with E-state index >= 15 is 0 Å². The van der Waals surface area contributed by atoms with E-state index in [1.54, 1.807) is 26.2 Å². The number of fused-ring (bicyclic) bond motifs is 1. The van der Waals surface area contributed by atoms with Gasteiger partial charge in [0.25, 0.3) is 5.56 Å². The number of hydrogen-bond donors (Lipinski definition) is 1. The van der Waals surface area contributed by atoms with E-state index in [2.05, 4.69) is 0 Å². The first-order valence-electron chi connectivity index (χ1n) is 7.41. The third-order valence-corrected chi connectivity index (χ3v) is 4.37. The maximum atomic E-state index is 11.9. The minimum atomic E-state index is -0.936. The zero-order valence-electron chi connectivity index (χ0n) is 13.3. The lowest BCUT2D eigenvalue weighted by atomic mass is 10.1. The standard InChI is InChI=1S/C18H18N2O3/c1-11(13-8-9-19(3)16(21)10-13)20-12(2)17(18(22)23)14-6-4-5-7-15(14)20/h4-11H,1-3H3,(H,22,23). The Morgan fingerprint density at radius 2 is 1.91 bits per heavy atom. The summed E-state index contributed by atoms with van der Waals surface area (Å²) in [4.78, 5) is 23.5. The Bertz CT molecular complexity index is 966. The first-order valence-corrected chi connectivity index (χ1v) is 7.41. The molecule has 3 rings (SSSR count). The molecule has 1 unspecified atom stereocenters. The van der Waals surface area contributed by atoms with E-state index in [1.165, 1.54) is 4.57 Å². The predicted octanol–water partition coefficient (Wildman–Crippen LogP) is 2.96. The molecule has 0 fully saturated rings. The second-order valence-corrected chi connectivity index (χ2v) is 5.74. The van der Waals surface area contributed by atoms with E-state index in [9.17, 15) is 14.7 Å². The highest BCUT2D eigenvalue weighted by atomic mass is 16.4. The SMILES string of the molecule is Cc1c(C(=O)O)c2ccccc2n1C(C)c1ccn(C)c(=O)c1. The van der Waals surface area contributed by atoms with Crippen LogP contribution in [0, 0.1) is 6.92 Å². The number of carbonyl (C=O) groups is 1. The number of aromatic nitrogens is 2. The van der Waals surface area contributed by atoms with Gasteiger partial charge < -0.3 is 14.2 Å². The lowest BCUT2D eigenvalue weighted by Gasteiger charge is -2.18. The van der Waals surface area contributed by atoms with Crippen LogP contribution >= 0.6 is 0 Å². The van der Waals surface area contributed by atoms with Crippen LogP contribution in [0.1, 0.15) is 34.6 Å². The van der Waals surface area contributed by atoms with Crippen molar-refractivity contribution in [3.05, 3.63) is 69.8 Å². The summed E-state index contributed by atoms with van der Waals surface area (Å²) >= 11 is 0. The Balaban J connectivity index is 2.27. The zero-order chi connectivity index (χ0) is 16.7. The molecule has 1 aromatic carbocycles. The molecule has 0 spiro atoms. The summed E-state index contributed by atoms with van der Waals surface area (Å²) in [6.45, 7) is 3.78. The van der Waals surface area contributed by atoms with Gasteiger partial charge in [-0.3, -0.25) is 4.79 Å². The van der Waals surface area contributed by atoms with Gasteiger partial charge in [-0.15, -0.1) is 0 Å². The van der Waals surface area contributed by atoms with Crippen molar-refractivity contribution in [2.45, 2.75) is 19.9 Å². The summed E-state index contributed by atoms with van der Waals surface area (Å²) < 4.78 is 3.49. The number of hydrogen-bond acceptors (Lipinski definition) is 2. The van der Waals surface area contributed by atoms with E-state index in [0.717, 1.165) is 11.1 Å². The van der Waals surface area contributed by atoms with Gasteiger partial charge in [0.15, 0.2) is 0 Å². The van der Waals surface area contributed by atoms with Crippen LogP contribution in [0.25, 0.3) is 10.9 Å². The highest BCUT2D eigenvalue weighted by Crippen LogP contribution is 2.31. The zero-order valence-corrected chi connectivity index (χ0v) is 13.3. The molecule has 2 heterocycles. The van der Waals surface area contributed by atoms with Gasteiger partial charge in [0.1, 0.15) is 0 Å². The monoisotopic (exact) mass is 310 g/mol. The van der Waals surface area contributed by atoms with Crippen molar-refractivity contribution in [1.82, 2.24) is 9.13 Å². The predicted molar refractivity (Wildman–Crippen MR) is 89.1 cm³/mol. The molecule has 0 radical (unpaired) electrons. The number of benzene rings is 1. The Morgan fingerprint density at radius 3 is 2.57 bits per heavy atom. The van der Waals surface area contributed by atoms with E-state index in [4.69, 9.17) is 0 Å². The molecule has 3 aromatic rings. The molecular formula is C18H18N2O3. The number of nitrogens with zero attached hydrogens (tertiary/aromatic N) is 2. The van der Waals surface area contributed by atoms with Gasteiger partial charge in [-0.2, -0.15) is 0 Å². The number of carboxylic acids is 1. The van der Waals surface area contributed by atoms with Crippen LogP contribution in [0.5, 0.6) is 0 Å². The molecule has 0 aliphatic rings. The molecule has 23 heavy (non-hydrogen) atoms. The smallest absolute Gasteiger partial charge is 0.338 e. The molecule has 5 nitrogen and oxygen atoms in total. The largest absolute Gasteiger partial charge is 0.478 e. The van der Waals surface area contributed by atoms with Gasteiger partial charge >= 0.3 is 5.97 Å². The van der Waals surface area contributed by atoms with Crippen molar-refractivity contribution in [2.75, 3.05) is 0 Å². The lowest BCUT2D eigenvalue weighted by Crippen LogP contribution is -2.18. The van der Waals surface area contributed by atoms with Crippen molar-refractivity contribution < 1.29 is 9.90 Å². The topological polar surface area (TPSA) is 64.2 Å². The van der Waals surface area contributed by atoms with Gasteiger partial charge in [-0.25, -0.2) is 4.79 Å². The molecule has 0 saturated carbocycles. The van der Waals surface area contributed by atoms with Crippen LogP contribution in [0.15, 0.2) is 47.4 Å². The molecule has 0 amide bonds. The molecule has 0 aliphatic carbocycles. The molecule has 0 saturated heterocycles. The van der Waals surface area contributed by atoms with Gasteiger partial charge in [0.05, 0.1) is 11.6 Å². The number of aromatic carboxylic acids is 1. The first kappa shape index (κ1) is 15.1. The van der Waals surface area contributed by atoms with Crippen LogP contribution < -0.4 is 5.56 Å². The number of aryl methyl sites for hydroxylation is 1. The summed E-state index contributed by atoms with van der Waals surface area (Å²) in [6, 6.07) is 10.8. The molecule has 1 atom stereocenters. The van der Waals surface area contributed by atoms with Crippen molar-refractivity contribution in [3.63, 3.8) is 0 Å². The number of carboxylic acid groups (broad SMARTS) is 1. The quantitative estimate of drug-likeness (QED) is 0.809. The Morgan fingerprint density at radius 1 is 1.22 bits per heavy atom. The third-order valence-electron chi connectivity index (χ3n) is 4.37. The van der Waals surface area contributed by atoms with Crippen LogP contribution in [-0.4, -0.2) is 20.2 Å². The number of rotatable bonds is 3. The Hall–Kier alpha value is -2.82. The molecule has 5 heteroatoms. The minimum Gasteiger partial charge on any atom is -0.478 e. The maximum absolute atomic E-state index is 11.9. The van der Waals surface area contributed by atoms with Gasteiger partial charge in [0, 0.05) is 35.9 Å². The van der Waals surface area contributed by atoms with Crippen LogP contribution in [0.3, 0.4) is 0 Å².